The molecule has 1 aliphatic heterocycles. The molecule has 554 valence electrons. The van der Waals surface area contributed by atoms with E-state index >= 15 is 0 Å². The number of benzene rings is 16. The average molecular weight is 1480 g/mol. The van der Waals surface area contributed by atoms with E-state index in [1.807, 2.05) is 30.3 Å². The van der Waals surface area contributed by atoms with Gasteiger partial charge in [-0.15, -0.1) is 0 Å². The molecule has 0 bridgehead atoms. The van der Waals surface area contributed by atoms with E-state index in [0.29, 0.717) is 5.56 Å². The first-order chi connectivity index (χ1) is 56.4. The summed E-state index contributed by atoms with van der Waals surface area (Å²) in [6.07, 6.45) is 5.32. The highest BCUT2D eigenvalue weighted by Gasteiger charge is 2.37. The maximum Gasteiger partial charge on any atom is 0.150 e. The molecule has 0 unspecified atom stereocenters. The van der Waals surface area contributed by atoms with Crippen molar-refractivity contribution in [1.29, 1.82) is 0 Å². The van der Waals surface area contributed by atoms with E-state index in [2.05, 4.69) is 405 Å². The molecule has 0 amide bonds. The monoisotopic (exact) mass is 1480 g/mol. The third-order valence-electron chi connectivity index (χ3n) is 23.9. The molecule has 6 heteroatoms. The van der Waals surface area contributed by atoms with Crippen molar-refractivity contribution in [3.05, 3.63) is 416 Å². The van der Waals surface area contributed by atoms with Gasteiger partial charge >= 0.3 is 0 Å². The van der Waals surface area contributed by atoms with Crippen LogP contribution in [0.3, 0.4) is 0 Å². The maximum atomic E-state index is 11.3. The highest BCUT2D eigenvalue weighted by molar-refractivity contribution is 6.12. The minimum Gasteiger partial charge on any atom is -0.381 e. The first-order valence-corrected chi connectivity index (χ1v) is 40.0. The Bertz CT molecular complexity index is 6260. The third-order valence-corrected chi connectivity index (χ3v) is 23.9. The van der Waals surface area contributed by atoms with Gasteiger partial charge in [0.05, 0.1) is 22.1 Å². The number of hydrogen-bond donors (Lipinski definition) is 0. The Morgan fingerprint density at radius 3 is 0.957 bits per heavy atom. The van der Waals surface area contributed by atoms with Gasteiger partial charge in [0.25, 0.3) is 0 Å². The zero-order valence-electron chi connectivity index (χ0n) is 65.1. The summed E-state index contributed by atoms with van der Waals surface area (Å²) in [5.74, 6) is 0. The Kier molecular flexibility index (Phi) is 18.6. The Labute approximate surface area is 673 Å². The molecular weight excluding hydrogens is 1400 g/mol. The Morgan fingerprint density at radius 2 is 0.591 bits per heavy atom. The lowest BCUT2D eigenvalue weighted by Gasteiger charge is -2.28. The lowest BCUT2D eigenvalue weighted by molar-refractivity contribution is 0.112. The number of hydrogen-bond acceptors (Lipinski definition) is 4. The van der Waals surface area contributed by atoms with Crippen LogP contribution < -0.4 is 9.80 Å². The van der Waals surface area contributed by atoms with Gasteiger partial charge in [-0.05, 0) is 241 Å². The van der Waals surface area contributed by atoms with Crippen molar-refractivity contribution in [1.82, 2.24) is 9.13 Å². The van der Waals surface area contributed by atoms with Gasteiger partial charge in [-0.2, -0.15) is 0 Å². The molecule has 0 N–H and O–H groups in total. The van der Waals surface area contributed by atoms with Crippen molar-refractivity contribution in [3.63, 3.8) is 0 Å². The van der Waals surface area contributed by atoms with Crippen LogP contribution in [0, 0.1) is 0 Å². The zero-order chi connectivity index (χ0) is 77.7. The van der Waals surface area contributed by atoms with E-state index in [1.165, 1.54) is 140 Å². The number of aldehydes is 1. The summed E-state index contributed by atoms with van der Waals surface area (Å²) >= 11 is 0. The molecule has 16 aromatic carbocycles. The van der Waals surface area contributed by atoms with Crippen LogP contribution in [0.5, 0.6) is 0 Å². The van der Waals surface area contributed by atoms with Crippen LogP contribution in [-0.2, 0) is 15.6 Å². The fraction of sp³-hybridized carbons (Fsp3) is 0.0917. The number of fused-ring (bicyclic) bond motifs is 12. The quantitative estimate of drug-likeness (QED) is 0.102. The van der Waals surface area contributed by atoms with Crippen molar-refractivity contribution >= 4 is 90.1 Å². The molecular formula is C109H86N4O2. The van der Waals surface area contributed by atoms with E-state index < -0.39 is 0 Å². The third kappa shape index (κ3) is 13.1. The van der Waals surface area contributed by atoms with Gasteiger partial charge in [-0.3, -0.25) is 4.79 Å². The minimum absolute atomic E-state index is 0.0960. The number of rotatable bonds is 14. The van der Waals surface area contributed by atoms with E-state index in [9.17, 15) is 4.79 Å². The highest BCUT2D eigenvalue weighted by Crippen LogP contribution is 2.53. The minimum atomic E-state index is -0.114. The Morgan fingerprint density at radius 1 is 0.287 bits per heavy atom. The standard InChI is InChI=1S/C53H40N2.C52H38N2O.C4H8O/c1-4-36-18-20-37(21-19-36)38-22-27-42(28-23-38)54(44-31-32-46-45-14-8-10-16-49(45)53(2,3)50(46)35-44)43-29-24-39(25-30-43)40-26-33-52-48(34-40)47-15-9-11-17-51(47)55(52)41-12-6-5-7-13-41;1-52(2)48-14-8-6-12-44(48)45-30-29-43(33-49(45)52)53(41-25-20-37(21-26-41)36-18-16-35(34-55)17-19-36)42-27-22-38(23-28-42)39-24-31-51-47(32-39)46-13-7-9-15-50(46)54(51)40-10-4-3-5-11-40;1-2-4-5-3-1/h4-35H,1H2,2-3H3;3-34H,1-2H3;1-4H2. The van der Waals surface area contributed by atoms with Crippen LogP contribution in [0.2, 0.25) is 0 Å². The second-order valence-corrected chi connectivity index (χ2v) is 31.4. The predicted octanol–water partition coefficient (Wildman–Crippen LogP) is 29.0. The van der Waals surface area contributed by atoms with Crippen LogP contribution in [-0.4, -0.2) is 28.6 Å². The molecule has 0 saturated carbocycles. The molecule has 0 atom stereocenters. The molecule has 1 saturated heterocycles. The summed E-state index contributed by atoms with van der Waals surface area (Å²) in [5.41, 5.74) is 35.4. The number of aromatic nitrogens is 2. The second kappa shape index (κ2) is 30.0. The summed E-state index contributed by atoms with van der Waals surface area (Å²) in [5, 5.41) is 5.00. The molecule has 6 nitrogen and oxygen atoms in total. The normalized spacial score (nSPS) is 13.3. The summed E-state index contributed by atoms with van der Waals surface area (Å²) in [7, 11) is 0. The smallest absolute Gasteiger partial charge is 0.150 e. The Balaban J connectivity index is 0.000000145. The highest BCUT2D eigenvalue weighted by atomic mass is 16.5. The number of anilines is 6. The molecule has 21 rings (SSSR count). The number of para-hydroxylation sites is 4. The van der Waals surface area contributed by atoms with Crippen molar-refractivity contribution in [2.24, 2.45) is 0 Å². The van der Waals surface area contributed by atoms with E-state index in [0.717, 1.165) is 76.0 Å². The molecule has 18 aromatic rings. The number of ether oxygens (including phenoxy) is 1. The average Bonchev–Trinajstić information content (AvgIpc) is 1.59. The van der Waals surface area contributed by atoms with Crippen LogP contribution in [0.1, 0.15) is 78.7 Å². The van der Waals surface area contributed by atoms with Gasteiger partial charge in [0.15, 0.2) is 0 Å². The van der Waals surface area contributed by atoms with Crippen molar-refractivity contribution < 1.29 is 9.53 Å². The van der Waals surface area contributed by atoms with Crippen LogP contribution in [0.15, 0.2) is 383 Å². The molecule has 0 spiro atoms. The van der Waals surface area contributed by atoms with Crippen LogP contribution in [0.25, 0.3) is 128 Å². The summed E-state index contributed by atoms with van der Waals surface area (Å²) < 4.78 is 9.67. The fourth-order valence-corrected chi connectivity index (χ4v) is 17.9. The van der Waals surface area contributed by atoms with E-state index in [1.54, 1.807) is 0 Å². The van der Waals surface area contributed by atoms with Gasteiger partial charge in [0, 0.05) is 96.7 Å². The Hall–Kier alpha value is -13.9. The zero-order valence-corrected chi connectivity index (χ0v) is 65.1. The number of nitrogens with zero attached hydrogens (tertiary/aromatic N) is 4. The van der Waals surface area contributed by atoms with Crippen LogP contribution in [0.4, 0.5) is 34.1 Å². The van der Waals surface area contributed by atoms with Crippen molar-refractivity contribution in [2.45, 2.75) is 51.4 Å². The molecule has 3 aliphatic rings. The van der Waals surface area contributed by atoms with Gasteiger partial charge < -0.3 is 23.7 Å². The first kappa shape index (κ1) is 71.4. The summed E-state index contributed by atoms with van der Waals surface area (Å²) in [6.45, 7) is 15.3. The molecule has 0 radical (unpaired) electrons. The lowest BCUT2D eigenvalue weighted by atomic mass is 9.82. The van der Waals surface area contributed by atoms with E-state index in [-0.39, 0.29) is 10.8 Å². The van der Waals surface area contributed by atoms with Crippen LogP contribution >= 0.6 is 0 Å². The second-order valence-electron chi connectivity index (χ2n) is 31.4. The first-order valence-electron chi connectivity index (χ1n) is 40.0. The molecule has 2 aliphatic carbocycles. The molecule has 115 heavy (non-hydrogen) atoms. The van der Waals surface area contributed by atoms with Gasteiger partial charge in [-0.1, -0.05) is 283 Å². The SMILES string of the molecule is C1CCOC1.C=Cc1ccc(-c2ccc(N(c3ccc(-c4ccc5c(c4)c4ccccc4n5-c4ccccc4)cc3)c3ccc4c(c3)C(C)(C)c3ccccc3-4)cc2)cc1.CC1(C)c2ccccc2-c2ccc(N(c3ccc(-c4ccc(C=O)cc4)cc3)c3ccc(-c4ccc5c(c4)c4ccccc4n5-c4ccccc4)cc3)cc21. The number of carbonyl (C=O) groups is 1. The summed E-state index contributed by atoms with van der Waals surface area (Å²) in [4.78, 5) is 16.0. The largest absolute Gasteiger partial charge is 0.381 e. The van der Waals surface area contributed by atoms with Crippen molar-refractivity contribution in [3.8, 4) is 78.1 Å². The molecule has 1 fully saturated rings. The maximum absolute atomic E-state index is 11.3. The van der Waals surface area contributed by atoms with Crippen molar-refractivity contribution in [2.75, 3.05) is 23.0 Å². The fourth-order valence-electron chi connectivity index (χ4n) is 17.9. The van der Waals surface area contributed by atoms with Gasteiger partial charge in [0.1, 0.15) is 6.29 Å². The topological polar surface area (TPSA) is 42.6 Å². The van der Waals surface area contributed by atoms with Gasteiger partial charge in [-0.25, -0.2) is 0 Å². The molecule has 2 aromatic heterocycles. The predicted molar refractivity (Wildman–Crippen MR) is 483 cm³/mol. The number of carbonyl (C=O) groups excluding carboxylic acids is 1. The lowest BCUT2D eigenvalue weighted by Crippen LogP contribution is -2.16. The van der Waals surface area contributed by atoms with Gasteiger partial charge in [0.2, 0.25) is 0 Å². The molecule has 3 heterocycles. The van der Waals surface area contributed by atoms with E-state index in [4.69, 9.17) is 4.74 Å². The summed E-state index contributed by atoms with van der Waals surface area (Å²) in [6, 6.07) is 136.